The summed E-state index contributed by atoms with van der Waals surface area (Å²) in [6.07, 6.45) is 5.31. The lowest BCUT2D eigenvalue weighted by Crippen LogP contribution is -2.39. The van der Waals surface area contributed by atoms with Crippen LogP contribution < -0.4 is 10.6 Å². The molecule has 0 radical (unpaired) electrons. The fourth-order valence-electron chi connectivity index (χ4n) is 1.55. The normalized spacial score (nSPS) is 14.7. The summed E-state index contributed by atoms with van der Waals surface area (Å²) in [4.78, 5) is 17.3. The quantitative estimate of drug-likeness (QED) is 0.268. The zero-order chi connectivity index (χ0) is 15.5. The molecule has 1 fully saturated rings. The molecule has 0 unspecified atom stereocenters. The molecule has 1 amide bonds. The Bertz CT molecular complexity index is 352. The first-order valence-corrected chi connectivity index (χ1v) is 7.54. The summed E-state index contributed by atoms with van der Waals surface area (Å²) in [7, 11) is 3.44. The first-order valence-electron chi connectivity index (χ1n) is 7.54. The number of aliphatic imine (C=N–C) groups is 1. The molecule has 0 aromatic carbocycles. The summed E-state index contributed by atoms with van der Waals surface area (Å²) in [6, 6.07) is 0. The van der Waals surface area contributed by atoms with E-state index in [2.05, 4.69) is 22.2 Å². The van der Waals surface area contributed by atoms with Crippen LogP contribution in [0.4, 0.5) is 0 Å². The molecule has 0 bridgehead atoms. The van der Waals surface area contributed by atoms with E-state index in [-0.39, 0.29) is 12.5 Å². The van der Waals surface area contributed by atoms with Gasteiger partial charge in [-0.3, -0.25) is 4.79 Å². The number of amides is 1. The van der Waals surface area contributed by atoms with Gasteiger partial charge in [-0.2, -0.15) is 0 Å². The van der Waals surface area contributed by atoms with Gasteiger partial charge in [0.15, 0.2) is 5.96 Å². The van der Waals surface area contributed by atoms with Crippen LogP contribution in [0, 0.1) is 5.92 Å². The Labute approximate surface area is 127 Å². The molecule has 1 rings (SSSR count). The number of rotatable bonds is 10. The van der Waals surface area contributed by atoms with Gasteiger partial charge in [-0.1, -0.05) is 6.08 Å². The van der Waals surface area contributed by atoms with E-state index >= 15 is 0 Å². The summed E-state index contributed by atoms with van der Waals surface area (Å²) in [6.45, 7) is 6.83. The number of ether oxygens (including phenoxy) is 1. The van der Waals surface area contributed by atoms with Crippen molar-refractivity contribution in [3.63, 3.8) is 0 Å². The van der Waals surface area contributed by atoms with Gasteiger partial charge in [-0.25, -0.2) is 4.99 Å². The molecule has 0 saturated heterocycles. The molecule has 0 spiro atoms. The van der Waals surface area contributed by atoms with Gasteiger partial charge in [-0.15, -0.1) is 6.58 Å². The van der Waals surface area contributed by atoms with E-state index in [4.69, 9.17) is 4.74 Å². The van der Waals surface area contributed by atoms with E-state index in [9.17, 15) is 4.79 Å². The Kier molecular flexibility index (Phi) is 8.50. The van der Waals surface area contributed by atoms with Gasteiger partial charge in [-0.05, 0) is 25.2 Å². The number of likely N-dealkylation sites (N-methyl/N-ethyl adjacent to an activating group) is 1. The van der Waals surface area contributed by atoms with Crippen molar-refractivity contribution in [2.75, 3.05) is 46.9 Å². The molecule has 0 aromatic heterocycles. The number of hydrogen-bond donors (Lipinski definition) is 2. The van der Waals surface area contributed by atoms with Crippen molar-refractivity contribution in [3.8, 4) is 0 Å². The minimum Gasteiger partial charge on any atom is -0.381 e. The summed E-state index contributed by atoms with van der Waals surface area (Å²) in [5.41, 5.74) is 0. The van der Waals surface area contributed by atoms with E-state index in [0.717, 1.165) is 32.1 Å². The maximum atomic E-state index is 11.5. The predicted molar refractivity (Wildman–Crippen MR) is 85.4 cm³/mol. The zero-order valence-corrected chi connectivity index (χ0v) is 13.2. The average Bonchev–Trinajstić information content (AvgIpc) is 3.28. The van der Waals surface area contributed by atoms with Crippen molar-refractivity contribution in [3.05, 3.63) is 12.7 Å². The summed E-state index contributed by atoms with van der Waals surface area (Å²) in [5.74, 6) is 1.41. The molecule has 2 N–H and O–H groups in total. The standard InChI is InChI=1S/C15H28N4O2/c1-4-8-16-15(18-11-14(20)19(2)3)17-9-5-10-21-12-13-6-7-13/h4,13H,1,5-12H2,2-3H3,(H2,16,17,18). The summed E-state index contributed by atoms with van der Waals surface area (Å²) < 4.78 is 5.57. The monoisotopic (exact) mass is 296 g/mol. The number of carbonyl (C=O) groups is 1. The number of guanidine groups is 1. The van der Waals surface area contributed by atoms with Gasteiger partial charge in [0.25, 0.3) is 0 Å². The van der Waals surface area contributed by atoms with Crippen LogP contribution in [0.3, 0.4) is 0 Å². The average molecular weight is 296 g/mol. The molecule has 21 heavy (non-hydrogen) atoms. The Balaban J connectivity index is 2.18. The van der Waals surface area contributed by atoms with Crippen LogP contribution in [0.15, 0.2) is 17.6 Å². The third-order valence-corrected chi connectivity index (χ3v) is 3.09. The van der Waals surface area contributed by atoms with Crippen LogP contribution in [0.5, 0.6) is 0 Å². The summed E-state index contributed by atoms with van der Waals surface area (Å²) >= 11 is 0. The van der Waals surface area contributed by atoms with Crippen LogP contribution in [0.25, 0.3) is 0 Å². The van der Waals surface area contributed by atoms with Crippen molar-refractivity contribution >= 4 is 11.9 Å². The van der Waals surface area contributed by atoms with Gasteiger partial charge >= 0.3 is 0 Å². The minimum absolute atomic E-state index is 0.0255. The molecule has 120 valence electrons. The first kappa shape index (κ1) is 17.5. The maximum absolute atomic E-state index is 11.5. The van der Waals surface area contributed by atoms with Crippen molar-refractivity contribution in [2.24, 2.45) is 10.9 Å². The molecule has 1 saturated carbocycles. The Morgan fingerprint density at radius 2 is 2.19 bits per heavy atom. The third kappa shape index (κ3) is 9.07. The Hall–Kier alpha value is -1.56. The van der Waals surface area contributed by atoms with E-state index in [1.807, 2.05) is 0 Å². The molecular weight excluding hydrogens is 268 g/mol. The van der Waals surface area contributed by atoms with E-state index in [0.29, 0.717) is 12.5 Å². The van der Waals surface area contributed by atoms with Gasteiger partial charge in [0.05, 0.1) is 0 Å². The first-order chi connectivity index (χ1) is 10.1. The highest BCUT2D eigenvalue weighted by Crippen LogP contribution is 2.28. The van der Waals surface area contributed by atoms with Crippen LogP contribution in [-0.2, 0) is 9.53 Å². The molecule has 0 atom stereocenters. The van der Waals surface area contributed by atoms with E-state index < -0.39 is 0 Å². The molecule has 0 aromatic rings. The van der Waals surface area contributed by atoms with E-state index in [1.165, 1.54) is 17.7 Å². The Morgan fingerprint density at radius 3 is 2.81 bits per heavy atom. The topological polar surface area (TPSA) is 66.0 Å². The molecule has 0 aliphatic heterocycles. The second kappa shape index (κ2) is 10.2. The fourth-order valence-corrected chi connectivity index (χ4v) is 1.55. The van der Waals surface area contributed by atoms with Crippen LogP contribution >= 0.6 is 0 Å². The molecule has 1 aliphatic rings. The smallest absolute Gasteiger partial charge is 0.243 e. The highest BCUT2D eigenvalue weighted by Gasteiger charge is 2.20. The van der Waals surface area contributed by atoms with Crippen LogP contribution in [0.2, 0.25) is 0 Å². The number of hydrogen-bond acceptors (Lipinski definition) is 3. The predicted octanol–water partition coefficient (Wildman–Crippen LogP) is 0.613. The molecule has 0 heterocycles. The largest absolute Gasteiger partial charge is 0.381 e. The van der Waals surface area contributed by atoms with Crippen molar-refractivity contribution in [1.29, 1.82) is 0 Å². The zero-order valence-electron chi connectivity index (χ0n) is 13.2. The molecule has 1 aliphatic carbocycles. The van der Waals surface area contributed by atoms with Gasteiger partial charge in [0, 0.05) is 40.4 Å². The highest BCUT2D eigenvalue weighted by atomic mass is 16.5. The maximum Gasteiger partial charge on any atom is 0.243 e. The number of nitrogens with zero attached hydrogens (tertiary/aromatic N) is 2. The van der Waals surface area contributed by atoms with Crippen LogP contribution in [-0.4, -0.2) is 63.7 Å². The minimum atomic E-state index is -0.0255. The van der Waals surface area contributed by atoms with Crippen LogP contribution in [0.1, 0.15) is 19.3 Å². The van der Waals surface area contributed by atoms with Gasteiger partial charge in [0.1, 0.15) is 6.54 Å². The SMILES string of the molecule is C=CCNC(=NCC(=O)N(C)C)NCCCOCC1CC1. The second-order valence-electron chi connectivity index (χ2n) is 5.42. The lowest BCUT2D eigenvalue weighted by Gasteiger charge is -2.12. The number of nitrogens with one attached hydrogen (secondary N) is 2. The fraction of sp³-hybridized carbons (Fsp3) is 0.733. The number of carbonyl (C=O) groups excluding carboxylic acids is 1. The van der Waals surface area contributed by atoms with Crippen molar-refractivity contribution in [1.82, 2.24) is 15.5 Å². The Morgan fingerprint density at radius 1 is 1.43 bits per heavy atom. The van der Waals surface area contributed by atoms with E-state index in [1.54, 1.807) is 20.2 Å². The van der Waals surface area contributed by atoms with Gasteiger partial charge in [0.2, 0.25) is 5.91 Å². The lowest BCUT2D eigenvalue weighted by atomic mass is 10.4. The lowest BCUT2D eigenvalue weighted by molar-refractivity contribution is -0.127. The molecular formula is C15H28N4O2. The highest BCUT2D eigenvalue weighted by molar-refractivity contribution is 5.84. The second-order valence-corrected chi connectivity index (χ2v) is 5.42. The summed E-state index contributed by atoms with van der Waals surface area (Å²) in [5, 5.41) is 6.29. The molecule has 6 heteroatoms. The van der Waals surface area contributed by atoms with Crippen molar-refractivity contribution in [2.45, 2.75) is 19.3 Å². The van der Waals surface area contributed by atoms with Gasteiger partial charge < -0.3 is 20.3 Å². The third-order valence-electron chi connectivity index (χ3n) is 3.09. The molecule has 6 nitrogen and oxygen atoms in total. The van der Waals surface area contributed by atoms with Crippen molar-refractivity contribution < 1.29 is 9.53 Å².